The van der Waals surface area contributed by atoms with Crippen LogP contribution in [0.3, 0.4) is 0 Å². The van der Waals surface area contributed by atoms with Crippen molar-refractivity contribution >= 4 is 27.5 Å². The highest BCUT2D eigenvalue weighted by atomic mass is 32.1. The number of fused-ring (bicyclic) bond motifs is 1. The van der Waals surface area contributed by atoms with Crippen LogP contribution >= 0.6 is 11.3 Å². The first-order valence-corrected chi connectivity index (χ1v) is 5.06. The van der Waals surface area contributed by atoms with Crippen LogP contribution in [0, 0.1) is 13.8 Å². The third-order valence-electron chi connectivity index (χ3n) is 2.35. The number of aromatic nitrogens is 1. The van der Waals surface area contributed by atoms with Crippen molar-refractivity contribution in [1.29, 1.82) is 0 Å². The summed E-state index contributed by atoms with van der Waals surface area (Å²) in [7, 11) is 0. The fourth-order valence-corrected chi connectivity index (χ4v) is 2.29. The third-order valence-corrected chi connectivity index (χ3v) is 3.21. The summed E-state index contributed by atoms with van der Waals surface area (Å²) < 4.78 is 0.764. The number of hydrogen-bond donors (Lipinski definition) is 1. The number of aromatic carboxylic acids is 1. The maximum atomic E-state index is 11.0. The van der Waals surface area contributed by atoms with Crippen molar-refractivity contribution < 1.29 is 9.90 Å². The average molecular weight is 207 g/mol. The number of benzene rings is 1. The molecule has 0 aliphatic rings. The van der Waals surface area contributed by atoms with E-state index in [9.17, 15) is 4.79 Å². The predicted molar refractivity (Wildman–Crippen MR) is 56.1 cm³/mol. The van der Waals surface area contributed by atoms with Crippen molar-refractivity contribution in [2.45, 2.75) is 13.8 Å². The van der Waals surface area contributed by atoms with Gasteiger partial charge in [0.15, 0.2) is 0 Å². The average Bonchev–Trinajstić information content (AvgIpc) is 2.59. The number of aryl methyl sites for hydroxylation is 2. The van der Waals surface area contributed by atoms with Crippen molar-refractivity contribution in [2.75, 3.05) is 0 Å². The normalized spacial score (nSPS) is 10.7. The van der Waals surface area contributed by atoms with Gasteiger partial charge < -0.3 is 5.11 Å². The van der Waals surface area contributed by atoms with E-state index in [0.29, 0.717) is 5.56 Å². The van der Waals surface area contributed by atoms with E-state index < -0.39 is 5.97 Å². The number of nitrogens with zero attached hydrogens (tertiary/aromatic N) is 1. The first-order chi connectivity index (χ1) is 6.61. The molecule has 0 aliphatic carbocycles. The topological polar surface area (TPSA) is 50.2 Å². The van der Waals surface area contributed by atoms with E-state index >= 15 is 0 Å². The minimum Gasteiger partial charge on any atom is -0.478 e. The van der Waals surface area contributed by atoms with E-state index in [1.807, 2.05) is 13.8 Å². The Labute approximate surface area is 85.0 Å². The Morgan fingerprint density at radius 3 is 2.86 bits per heavy atom. The number of thiazole rings is 1. The molecule has 14 heavy (non-hydrogen) atoms. The molecule has 0 atom stereocenters. The van der Waals surface area contributed by atoms with Gasteiger partial charge in [-0.05, 0) is 31.0 Å². The monoisotopic (exact) mass is 207 g/mol. The molecule has 72 valence electrons. The van der Waals surface area contributed by atoms with Crippen LogP contribution < -0.4 is 0 Å². The summed E-state index contributed by atoms with van der Waals surface area (Å²) in [5.74, 6) is -0.887. The van der Waals surface area contributed by atoms with E-state index in [0.717, 1.165) is 21.3 Å². The van der Waals surface area contributed by atoms with Crippen molar-refractivity contribution in [2.24, 2.45) is 0 Å². The van der Waals surface area contributed by atoms with Crippen molar-refractivity contribution in [3.05, 3.63) is 28.3 Å². The molecule has 0 spiro atoms. The van der Waals surface area contributed by atoms with Gasteiger partial charge in [0.25, 0.3) is 0 Å². The minimum absolute atomic E-state index is 0.352. The first-order valence-electron chi connectivity index (χ1n) is 4.18. The molecule has 0 unspecified atom stereocenters. The van der Waals surface area contributed by atoms with Gasteiger partial charge in [0.05, 0.1) is 21.3 Å². The van der Waals surface area contributed by atoms with Crippen LogP contribution in [0.15, 0.2) is 11.6 Å². The molecule has 1 aromatic carbocycles. The molecule has 0 amide bonds. The minimum atomic E-state index is -0.887. The van der Waals surface area contributed by atoms with E-state index in [4.69, 9.17) is 5.11 Å². The summed E-state index contributed by atoms with van der Waals surface area (Å²) in [5.41, 5.74) is 4.88. The van der Waals surface area contributed by atoms with Gasteiger partial charge in [0.1, 0.15) is 0 Å². The third kappa shape index (κ3) is 1.19. The van der Waals surface area contributed by atoms with Crippen molar-refractivity contribution in [3.8, 4) is 0 Å². The molecule has 0 fully saturated rings. The summed E-state index contributed by atoms with van der Waals surface area (Å²) >= 11 is 1.37. The standard InChI is InChI=1S/C10H9NO2S/c1-5-3-7(10(12)13)9-8(6(5)2)11-4-14-9/h3-4H,1-2H3,(H,12,13). The van der Waals surface area contributed by atoms with Crippen LogP contribution in [0.5, 0.6) is 0 Å². The Kier molecular flexibility index (Phi) is 2.00. The molecule has 1 aromatic heterocycles. The number of carboxylic acid groups (broad SMARTS) is 1. The lowest BCUT2D eigenvalue weighted by Crippen LogP contribution is -1.98. The molecular formula is C10H9NO2S. The summed E-state index contributed by atoms with van der Waals surface area (Å²) in [6, 6.07) is 1.71. The number of hydrogen-bond acceptors (Lipinski definition) is 3. The molecule has 4 heteroatoms. The van der Waals surface area contributed by atoms with Crippen LogP contribution in [0.4, 0.5) is 0 Å². The summed E-state index contributed by atoms with van der Waals surface area (Å²) in [5, 5.41) is 9.00. The van der Waals surface area contributed by atoms with E-state index in [1.54, 1.807) is 11.6 Å². The Morgan fingerprint density at radius 2 is 2.21 bits per heavy atom. The molecule has 0 radical (unpaired) electrons. The fraction of sp³-hybridized carbons (Fsp3) is 0.200. The van der Waals surface area contributed by atoms with Crippen LogP contribution in [0.1, 0.15) is 21.5 Å². The molecule has 2 rings (SSSR count). The predicted octanol–water partition coefficient (Wildman–Crippen LogP) is 2.61. The number of carboxylic acids is 1. The van der Waals surface area contributed by atoms with Crippen LogP contribution in [-0.4, -0.2) is 16.1 Å². The highest BCUT2D eigenvalue weighted by molar-refractivity contribution is 7.17. The zero-order valence-electron chi connectivity index (χ0n) is 7.87. The molecular weight excluding hydrogens is 198 g/mol. The zero-order valence-corrected chi connectivity index (χ0v) is 8.68. The number of carbonyl (C=O) groups is 1. The second-order valence-electron chi connectivity index (χ2n) is 3.20. The summed E-state index contributed by atoms with van der Waals surface area (Å²) in [4.78, 5) is 15.1. The second kappa shape index (κ2) is 3.06. The molecule has 2 aromatic rings. The maximum Gasteiger partial charge on any atom is 0.337 e. The smallest absolute Gasteiger partial charge is 0.337 e. The largest absolute Gasteiger partial charge is 0.478 e. The molecule has 0 bridgehead atoms. The lowest BCUT2D eigenvalue weighted by molar-refractivity contribution is 0.0699. The van der Waals surface area contributed by atoms with Gasteiger partial charge in [-0.3, -0.25) is 0 Å². The molecule has 1 N–H and O–H groups in total. The summed E-state index contributed by atoms with van der Waals surface area (Å²) in [6.07, 6.45) is 0. The highest BCUT2D eigenvalue weighted by Crippen LogP contribution is 2.27. The van der Waals surface area contributed by atoms with E-state index in [1.165, 1.54) is 11.3 Å². The van der Waals surface area contributed by atoms with Gasteiger partial charge in [0.2, 0.25) is 0 Å². The van der Waals surface area contributed by atoms with Gasteiger partial charge in [-0.15, -0.1) is 11.3 Å². The Morgan fingerprint density at radius 1 is 1.50 bits per heavy atom. The van der Waals surface area contributed by atoms with Crippen LogP contribution in [0.25, 0.3) is 10.2 Å². The number of rotatable bonds is 1. The van der Waals surface area contributed by atoms with Gasteiger partial charge >= 0.3 is 5.97 Å². The fourth-order valence-electron chi connectivity index (χ4n) is 1.44. The maximum absolute atomic E-state index is 11.0. The Hall–Kier alpha value is -1.42. The lowest BCUT2D eigenvalue weighted by Gasteiger charge is -2.03. The molecule has 1 heterocycles. The van der Waals surface area contributed by atoms with Gasteiger partial charge in [-0.2, -0.15) is 0 Å². The first kappa shape index (κ1) is 9.15. The molecule has 0 saturated carbocycles. The van der Waals surface area contributed by atoms with Crippen LogP contribution in [0.2, 0.25) is 0 Å². The Bertz CT molecular complexity index is 516. The van der Waals surface area contributed by atoms with Gasteiger partial charge in [-0.1, -0.05) is 0 Å². The Balaban J connectivity index is 2.91. The summed E-state index contributed by atoms with van der Waals surface area (Å²) in [6.45, 7) is 3.86. The van der Waals surface area contributed by atoms with E-state index in [-0.39, 0.29) is 0 Å². The highest BCUT2D eigenvalue weighted by Gasteiger charge is 2.13. The van der Waals surface area contributed by atoms with Crippen molar-refractivity contribution in [1.82, 2.24) is 4.98 Å². The zero-order chi connectivity index (χ0) is 10.3. The van der Waals surface area contributed by atoms with Crippen LogP contribution in [-0.2, 0) is 0 Å². The lowest BCUT2D eigenvalue weighted by atomic mass is 10.0. The SMILES string of the molecule is Cc1cc(C(=O)O)c2scnc2c1C. The van der Waals surface area contributed by atoms with Gasteiger partial charge in [0, 0.05) is 0 Å². The molecule has 0 saturated heterocycles. The quantitative estimate of drug-likeness (QED) is 0.782. The molecule has 3 nitrogen and oxygen atoms in total. The van der Waals surface area contributed by atoms with Gasteiger partial charge in [-0.25, -0.2) is 9.78 Å². The van der Waals surface area contributed by atoms with Crippen molar-refractivity contribution in [3.63, 3.8) is 0 Å². The second-order valence-corrected chi connectivity index (χ2v) is 4.06. The molecule has 0 aliphatic heterocycles. The van der Waals surface area contributed by atoms with E-state index in [2.05, 4.69) is 4.98 Å².